The molecule has 1 aromatic heterocycles. The Morgan fingerprint density at radius 2 is 1.84 bits per heavy atom. The number of nitrogens with zero attached hydrogens (tertiary/aromatic N) is 3. The number of allylic oxidation sites excluding steroid dienone is 1. The topological polar surface area (TPSA) is 78.3 Å². The van der Waals surface area contributed by atoms with Crippen LogP contribution in [0.4, 0.5) is 5.95 Å². The van der Waals surface area contributed by atoms with E-state index in [1.807, 2.05) is 25.1 Å². The van der Waals surface area contributed by atoms with Crippen LogP contribution in [0.15, 0.2) is 64.5 Å². The molecule has 0 spiro atoms. The van der Waals surface area contributed by atoms with Gasteiger partial charge in [-0.15, -0.1) is 0 Å². The SMILES string of the molecule is CC1=C(C(=O)OC2CCCCC2)C(c2cc(Br)ccc2OCc2ccc(C(C)(C)C)cc2)n2ncnc2N1. The quantitative estimate of drug-likeness (QED) is 0.315. The molecule has 0 bridgehead atoms. The number of fused-ring (bicyclic) bond motifs is 1. The zero-order chi connectivity index (χ0) is 26.9. The molecule has 0 amide bonds. The number of benzene rings is 2. The number of aromatic nitrogens is 3. The molecule has 2 aromatic carbocycles. The lowest BCUT2D eigenvalue weighted by Gasteiger charge is -2.31. The Hall–Kier alpha value is -3.13. The molecule has 2 aliphatic rings. The number of rotatable bonds is 6. The molecule has 1 N–H and O–H groups in total. The molecule has 0 saturated heterocycles. The minimum absolute atomic E-state index is 0.0522. The maximum atomic E-state index is 13.6. The highest BCUT2D eigenvalue weighted by Gasteiger charge is 2.37. The maximum absolute atomic E-state index is 13.6. The zero-order valence-electron chi connectivity index (χ0n) is 22.5. The average molecular weight is 580 g/mol. The first-order valence-corrected chi connectivity index (χ1v) is 14.1. The van der Waals surface area contributed by atoms with Gasteiger partial charge in [-0.05, 0) is 67.3 Å². The van der Waals surface area contributed by atoms with Gasteiger partial charge in [-0.3, -0.25) is 0 Å². The van der Waals surface area contributed by atoms with E-state index in [0.717, 1.165) is 41.3 Å². The van der Waals surface area contributed by atoms with Crippen molar-refractivity contribution >= 4 is 27.8 Å². The summed E-state index contributed by atoms with van der Waals surface area (Å²) in [4.78, 5) is 18.0. The number of anilines is 1. The summed E-state index contributed by atoms with van der Waals surface area (Å²) in [5.74, 6) is 0.930. The number of nitrogens with one attached hydrogen (secondary N) is 1. The monoisotopic (exact) mass is 578 g/mol. The second-order valence-corrected chi connectivity index (χ2v) is 12.1. The summed E-state index contributed by atoms with van der Waals surface area (Å²) in [5, 5.41) is 7.71. The average Bonchev–Trinajstić information content (AvgIpc) is 3.35. The number of halogens is 1. The normalized spacial score (nSPS) is 18.1. The van der Waals surface area contributed by atoms with Gasteiger partial charge < -0.3 is 14.8 Å². The standard InChI is InChI=1S/C30H35BrN4O3/c1-19-26(28(36)38-23-8-6-5-7-9-23)27(35-29(34-19)32-18-33-35)24-16-22(31)14-15-25(24)37-17-20-10-12-21(13-11-20)30(2,3)4/h10-16,18,23,27H,5-9,17H2,1-4H3,(H,32,33,34). The lowest BCUT2D eigenvalue weighted by atomic mass is 9.87. The van der Waals surface area contributed by atoms with Gasteiger partial charge in [0.05, 0.1) is 5.57 Å². The maximum Gasteiger partial charge on any atom is 0.338 e. The van der Waals surface area contributed by atoms with E-state index in [1.54, 1.807) is 4.68 Å². The van der Waals surface area contributed by atoms with Crippen LogP contribution in [0, 0.1) is 0 Å². The van der Waals surface area contributed by atoms with E-state index >= 15 is 0 Å². The molecule has 1 aliphatic carbocycles. The molecule has 1 atom stereocenters. The summed E-state index contributed by atoms with van der Waals surface area (Å²) in [5.41, 5.74) is 4.48. The van der Waals surface area contributed by atoms with E-state index in [9.17, 15) is 4.79 Å². The smallest absolute Gasteiger partial charge is 0.338 e. The number of esters is 1. The summed E-state index contributed by atoms with van der Waals surface area (Å²) in [6.45, 7) is 8.90. The van der Waals surface area contributed by atoms with E-state index < -0.39 is 6.04 Å². The second-order valence-electron chi connectivity index (χ2n) is 11.2. The molecular formula is C30H35BrN4O3. The molecule has 7 nitrogen and oxygen atoms in total. The van der Waals surface area contributed by atoms with E-state index in [0.29, 0.717) is 29.6 Å². The van der Waals surface area contributed by atoms with E-state index in [2.05, 4.69) is 76.4 Å². The third-order valence-electron chi connectivity index (χ3n) is 7.32. The van der Waals surface area contributed by atoms with Gasteiger partial charge >= 0.3 is 5.97 Å². The number of carbonyl (C=O) groups is 1. The molecule has 200 valence electrons. The van der Waals surface area contributed by atoms with Crippen LogP contribution >= 0.6 is 15.9 Å². The Balaban J connectivity index is 1.47. The molecule has 5 rings (SSSR count). The summed E-state index contributed by atoms with van der Waals surface area (Å²) < 4.78 is 15.0. The van der Waals surface area contributed by atoms with Crippen molar-refractivity contribution in [3.63, 3.8) is 0 Å². The molecule has 2 heterocycles. The predicted octanol–water partition coefficient (Wildman–Crippen LogP) is 7.08. The van der Waals surface area contributed by atoms with Gasteiger partial charge in [0.2, 0.25) is 5.95 Å². The van der Waals surface area contributed by atoms with E-state index in [1.165, 1.54) is 18.3 Å². The van der Waals surface area contributed by atoms with Crippen molar-refractivity contribution in [1.29, 1.82) is 0 Å². The largest absolute Gasteiger partial charge is 0.489 e. The van der Waals surface area contributed by atoms with Crippen molar-refractivity contribution < 1.29 is 14.3 Å². The Morgan fingerprint density at radius 1 is 1.11 bits per heavy atom. The van der Waals surface area contributed by atoms with E-state index in [-0.39, 0.29) is 17.5 Å². The summed E-state index contributed by atoms with van der Waals surface area (Å²) in [6, 6.07) is 13.8. The predicted molar refractivity (Wildman–Crippen MR) is 151 cm³/mol. The third-order valence-corrected chi connectivity index (χ3v) is 7.81. The minimum atomic E-state index is -0.541. The van der Waals surface area contributed by atoms with Gasteiger partial charge in [0.1, 0.15) is 30.8 Å². The Kier molecular flexibility index (Phi) is 7.61. The van der Waals surface area contributed by atoms with Gasteiger partial charge in [0.15, 0.2) is 0 Å². The van der Waals surface area contributed by atoms with Gasteiger partial charge in [-0.25, -0.2) is 9.48 Å². The van der Waals surface area contributed by atoms with Crippen LogP contribution in [0.1, 0.15) is 82.5 Å². The minimum Gasteiger partial charge on any atom is -0.489 e. The number of hydrogen-bond acceptors (Lipinski definition) is 6. The molecule has 1 aliphatic heterocycles. The van der Waals surface area contributed by atoms with Crippen molar-refractivity contribution in [1.82, 2.24) is 14.8 Å². The fourth-order valence-corrected chi connectivity index (χ4v) is 5.55. The van der Waals surface area contributed by atoms with Crippen molar-refractivity contribution in [2.24, 2.45) is 0 Å². The summed E-state index contributed by atoms with van der Waals surface area (Å²) >= 11 is 3.62. The highest BCUT2D eigenvalue weighted by molar-refractivity contribution is 9.10. The first-order valence-electron chi connectivity index (χ1n) is 13.3. The third kappa shape index (κ3) is 5.65. The fourth-order valence-electron chi connectivity index (χ4n) is 5.17. The van der Waals surface area contributed by atoms with Crippen LogP contribution in [0.25, 0.3) is 0 Å². The highest BCUT2D eigenvalue weighted by Crippen LogP contribution is 2.41. The van der Waals surface area contributed by atoms with Gasteiger partial charge in [-0.1, -0.05) is 67.4 Å². The van der Waals surface area contributed by atoms with Crippen LogP contribution in [-0.4, -0.2) is 26.8 Å². The molecular weight excluding hydrogens is 544 g/mol. The summed E-state index contributed by atoms with van der Waals surface area (Å²) in [7, 11) is 0. The van der Waals surface area contributed by atoms with Crippen LogP contribution < -0.4 is 10.1 Å². The van der Waals surface area contributed by atoms with Gasteiger partial charge in [0.25, 0.3) is 0 Å². The van der Waals surface area contributed by atoms with Crippen molar-refractivity contribution in [2.75, 3.05) is 5.32 Å². The Bertz CT molecular complexity index is 1330. The fraction of sp³-hybridized carbons (Fsp3) is 0.433. The number of ether oxygens (including phenoxy) is 2. The highest BCUT2D eigenvalue weighted by atomic mass is 79.9. The van der Waals surface area contributed by atoms with Crippen molar-refractivity contribution in [3.05, 3.63) is 81.2 Å². The second kappa shape index (κ2) is 10.9. The molecule has 3 aromatic rings. The molecule has 38 heavy (non-hydrogen) atoms. The lowest BCUT2D eigenvalue weighted by molar-refractivity contribution is -0.146. The zero-order valence-corrected chi connectivity index (χ0v) is 24.0. The first-order chi connectivity index (χ1) is 18.2. The first kappa shape index (κ1) is 26.5. The van der Waals surface area contributed by atoms with Crippen LogP contribution in [0.3, 0.4) is 0 Å². The molecule has 1 saturated carbocycles. The van der Waals surface area contributed by atoms with Crippen molar-refractivity contribution in [2.45, 2.75) is 84.0 Å². The van der Waals surface area contributed by atoms with Gasteiger partial charge in [-0.2, -0.15) is 10.1 Å². The van der Waals surface area contributed by atoms with Crippen LogP contribution in [0.2, 0.25) is 0 Å². The summed E-state index contributed by atoms with van der Waals surface area (Å²) in [6.07, 6.45) is 6.63. The Labute approximate surface area is 232 Å². The lowest BCUT2D eigenvalue weighted by Crippen LogP contribution is -2.32. The van der Waals surface area contributed by atoms with Crippen molar-refractivity contribution in [3.8, 4) is 5.75 Å². The molecule has 8 heteroatoms. The van der Waals surface area contributed by atoms with Crippen LogP contribution in [-0.2, 0) is 21.6 Å². The van der Waals surface area contributed by atoms with Crippen LogP contribution in [0.5, 0.6) is 5.75 Å². The van der Waals surface area contributed by atoms with Gasteiger partial charge in [0, 0.05) is 15.7 Å². The molecule has 1 unspecified atom stereocenters. The number of carbonyl (C=O) groups excluding carboxylic acids is 1. The molecule has 1 fully saturated rings. The number of hydrogen-bond donors (Lipinski definition) is 1. The molecule has 0 radical (unpaired) electrons. The van der Waals surface area contributed by atoms with E-state index in [4.69, 9.17) is 9.47 Å². The Morgan fingerprint density at radius 3 is 2.55 bits per heavy atom.